The van der Waals surface area contributed by atoms with Crippen molar-refractivity contribution in [3.8, 4) is 0 Å². The molecule has 0 saturated carbocycles. The van der Waals surface area contributed by atoms with Gasteiger partial charge in [0, 0.05) is 17.6 Å². The smallest absolute Gasteiger partial charge is 0.239 e. The van der Waals surface area contributed by atoms with E-state index in [0.717, 1.165) is 32.2 Å². The first-order valence-electron chi connectivity index (χ1n) is 8.35. The largest absolute Gasteiger partial charge is 0.339 e. The molecule has 1 aliphatic rings. The van der Waals surface area contributed by atoms with Gasteiger partial charge in [-0.15, -0.1) is 0 Å². The Morgan fingerprint density at radius 2 is 2.00 bits per heavy atom. The molecule has 0 aliphatic carbocycles. The maximum absolute atomic E-state index is 13.0. The van der Waals surface area contributed by atoms with E-state index in [4.69, 9.17) is 23.2 Å². The number of anilines is 1. The molecule has 1 fully saturated rings. The zero-order valence-electron chi connectivity index (χ0n) is 14.4. The van der Waals surface area contributed by atoms with E-state index >= 15 is 0 Å². The van der Waals surface area contributed by atoms with Gasteiger partial charge in [-0.25, -0.2) is 0 Å². The number of nitrogens with one attached hydrogen (secondary N) is 1. The molecule has 1 aromatic carbocycles. The number of amides is 2. The van der Waals surface area contributed by atoms with E-state index in [1.165, 1.54) is 0 Å². The molecule has 132 valence electrons. The van der Waals surface area contributed by atoms with Crippen LogP contribution in [0.25, 0.3) is 0 Å². The molecule has 4 nitrogen and oxygen atoms in total. The second kappa shape index (κ2) is 7.75. The van der Waals surface area contributed by atoms with Crippen LogP contribution in [0.4, 0.5) is 5.69 Å². The van der Waals surface area contributed by atoms with E-state index in [-0.39, 0.29) is 17.9 Å². The molecule has 1 aliphatic heterocycles. The van der Waals surface area contributed by atoms with E-state index in [1.807, 2.05) is 4.90 Å². The molecule has 1 saturated heterocycles. The molecule has 0 bridgehead atoms. The first kappa shape index (κ1) is 19.1. The van der Waals surface area contributed by atoms with Crippen molar-refractivity contribution in [2.75, 3.05) is 11.9 Å². The van der Waals surface area contributed by atoms with Crippen LogP contribution in [0.5, 0.6) is 0 Å². The number of likely N-dealkylation sites (tertiary alicyclic amines) is 1. The lowest BCUT2D eigenvalue weighted by Gasteiger charge is -2.39. The molecule has 1 unspecified atom stereocenters. The van der Waals surface area contributed by atoms with Gasteiger partial charge in [0.25, 0.3) is 0 Å². The molecule has 2 rings (SSSR count). The second-order valence-electron chi connectivity index (χ2n) is 6.76. The Morgan fingerprint density at radius 3 is 2.62 bits per heavy atom. The van der Waals surface area contributed by atoms with Crippen molar-refractivity contribution in [1.82, 2.24) is 4.90 Å². The highest BCUT2D eigenvalue weighted by Crippen LogP contribution is 2.30. The normalized spacial score (nSPS) is 18.4. The molecule has 24 heavy (non-hydrogen) atoms. The molecule has 0 aromatic heterocycles. The fourth-order valence-electron chi connectivity index (χ4n) is 3.02. The lowest BCUT2D eigenvalue weighted by atomic mass is 9.87. The van der Waals surface area contributed by atoms with Crippen LogP contribution in [0, 0.1) is 5.41 Å². The topological polar surface area (TPSA) is 49.4 Å². The van der Waals surface area contributed by atoms with Gasteiger partial charge in [0.1, 0.15) is 5.41 Å². The van der Waals surface area contributed by atoms with Crippen molar-refractivity contribution in [3.63, 3.8) is 0 Å². The second-order valence-corrected chi connectivity index (χ2v) is 7.60. The number of hydrogen-bond acceptors (Lipinski definition) is 2. The number of carbonyl (C=O) groups is 2. The number of hydrogen-bond donors (Lipinski definition) is 1. The quantitative estimate of drug-likeness (QED) is 0.777. The third kappa shape index (κ3) is 4.04. The molecule has 1 N–H and O–H groups in total. The third-order valence-electron chi connectivity index (χ3n) is 4.64. The Balaban J connectivity index is 2.15. The van der Waals surface area contributed by atoms with Crippen molar-refractivity contribution >= 4 is 40.7 Å². The highest BCUT2D eigenvalue weighted by Gasteiger charge is 2.41. The molecule has 0 spiro atoms. The van der Waals surface area contributed by atoms with Crippen LogP contribution in [0.3, 0.4) is 0 Å². The fourth-order valence-corrected chi connectivity index (χ4v) is 3.47. The maximum Gasteiger partial charge on any atom is 0.239 e. The van der Waals surface area contributed by atoms with Crippen LogP contribution in [0.15, 0.2) is 18.2 Å². The molecule has 1 atom stereocenters. The summed E-state index contributed by atoms with van der Waals surface area (Å²) < 4.78 is 0. The van der Waals surface area contributed by atoms with Crippen molar-refractivity contribution < 1.29 is 9.59 Å². The Bertz CT molecular complexity index is 631. The lowest BCUT2D eigenvalue weighted by Crippen LogP contribution is -2.52. The minimum atomic E-state index is -1.16. The maximum atomic E-state index is 13.0. The average molecular weight is 371 g/mol. The Morgan fingerprint density at radius 1 is 1.29 bits per heavy atom. The molecule has 6 heteroatoms. The molecule has 1 aromatic rings. The zero-order valence-corrected chi connectivity index (χ0v) is 15.9. The SMILES string of the molecule is CCC1CCCCN1C(=O)C(C)(C)C(=O)Nc1ccc(Cl)cc1Cl. The molecule has 0 radical (unpaired) electrons. The molecular weight excluding hydrogens is 347 g/mol. The zero-order chi connectivity index (χ0) is 17.9. The number of nitrogens with zero attached hydrogens (tertiary/aromatic N) is 1. The van der Waals surface area contributed by atoms with Gasteiger partial charge in [-0.1, -0.05) is 30.1 Å². The van der Waals surface area contributed by atoms with Crippen molar-refractivity contribution in [2.24, 2.45) is 5.41 Å². The highest BCUT2D eigenvalue weighted by molar-refractivity contribution is 6.36. The number of carbonyl (C=O) groups excluding carboxylic acids is 2. The number of halogens is 2. The summed E-state index contributed by atoms with van der Waals surface area (Å²) in [5.41, 5.74) is -0.703. The van der Waals surface area contributed by atoms with E-state index < -0.39 is 5.41 Å². The Labute approximate surface area is 153 Å². The van der Waals surface area contributed by atoms with Crippen molar-refractivity contribution in [3.05, 3.63) is 28.2 Å². The van der Waals surface area contributed by atoms with Crippen molar-refractivity contribution in [1.29, 1.82) is 0 Å². The minimum Gasteiger partial charge on any atom is -0.339 e. The van der Waals surface area contributed by atoms with Crippen LogP contribution in [-0.2, 0) is 9.59 Å². The van der Waals surface area contributed by atoms with Crippen molar-refractivity contribution in [2.45, 2.75) is 52.5 Å². The predicted octanol–water partition coefficient (Wildman–Crippen LogP) is 4.75. The van der Waals surface area contributed by atoms with Crippen LogP contribution in [-0.4, -0.2) is 29.3 Å². The predicted molar refractivity (Wildman–Crippen MR) is 98.5 cm³/mol. The number of benzene rings is 1. The lowest BCUT2D eigenvalue weighted by molar-refractivity contribution is -0.149. The van der Waals surface area contributed by atoms with Gasteiger partial charge in [-0.3, -0.25) is 9.59 Å². The molecule has 2 amide bonds. The standard InChI is InChI=1S/C18H24Cl2N2O2/c1-4-13-7-5-6-10-22(13)17(24)18(2,3)16(23)21-15-9-8-12(19)11-14(15)20/h8-9,11,13H,4-7,10H2,1-3H3,(H,21,23). The van der Waals surface area contributed by atoms with Crippen LogP contribution in [0.1, 0.15) is 46.5 Å². The van der Waals surface area contributed by atoms with Crippen LogP contribution in [0.2, 0.25) is 10.0 Å². The molecule has 1 heterocycles. The van der Waals surface area contributed by atoms with Crippen LogP contribution >= 0.6 is 23.2 Å². The Hall–Kier alpha value is -1.26. The fraction of sp³-hybridized carbons (Fsp3) is 0.556. The van der Waals surface area contributed by atoms with Gasteiger partial charge in [0.15, 0.2) is 0 Å². The van der Waals surface area contributed by atoms with E-state index in [2.05, 4.69) is 12.2 Å². The van der Waals surface area contributed by atoms with Gasteiger partial charge in [0.05, 0.1) is 10.7 Å². The summed E-state index contributed by atoms with van der Waals surface area (Å²) in [6.07, 6.45) is 4.04. The first-order chi connectivity index (χ1) is 11.3. The summed E-state index contributed by atoms with van der Waals surface area (Å²) in [6, 6.07) is 5.07. The summed E-state index contributed by atoms with van der Waals surface area (Å²) in [6.45, 7) is 6.12. The van der Waals surface area contributed by atoms with Gasteiger partial charge < -0.3 is 10.2 Å². The van der Waals surface area contributed by atoms with E-state index in [1.54, 1.807) is 32.0 Å². The van der Waals surface area contributed by atoms with Gasteiger partial charge in [0.2, 0.25) is 11.8 Å². The average Bonchev–Trinajstić information content (AvgIpc) is 2.56. The summed E-state index contributed by atoms with van der Waals surface area (Å²) in [5.74, 6) is -0.492. The minimum absolute atomic E-state index is 0.128. The number of piperidine rings is 1. The Kier molecular flexibility index (Phi) is 6.16. The first-order valence-corrected chi connectivity index (χ1v) is 9.10. The summed E-state index contributed by atoms with van der Waals surface area (Å²) >= 11 is 12.0. The summed E-state index contributed by atoms with van der Waals surface area (Å²) in [7, 11) is 0. The van der Waals surface area contributed by atoms with E-state index in [9.17, 15) is 9.59 Å². The monoisotopic (exact) mass is 370 g/mol. The van der Waals surface area contributed by atoms with Gasteiger partial charge >= 0.3 is 0 Å². The molecular formula is C18H24Cl2N2O2. The summed E-state index contributed by atoms with van der Waals surface area (Å²) in [5, 5.41) is 3.60. The van der Waals surface area contributed by atoms with E-state index in [0.29, 0.717) is 15.7 Å². The number of rotatable bonds is 4. The highest BCUT2D eigenvalue weighted by atomic mass is 35.5. The van der Waals surface area contributed by atoms with Gasteiger partial charge in [-0.05, 0) is 57.7 Å². The summed E-state index contributed by atoms with van der Waals surface area (Å²) in [4.78, 5) is 27.5. The van der Waals surface area contributed by atoms with Crippen LogP contribution < -0.4 is 5.32 Å². The van der Waals surface area contributed by atoms with Gasteiger partial charge in [-0.2, -0.15) is 0 Å². The third-order valence-corrected chi connectivity index (χ3v) is 5.19.